The summed E-state index contributed by atoms with van der Waals surface area (Å²) < 4.78 is 0. The van der Waals surface area contributed by atoms with E-state index < -0.39 is 0 Å². The van der Waals surface area contributed by atoms with Gasteiger partial charge in [0.1, 0.15) is 5.82 Å². The van der Waals surface area contributed by atoms with Gasteiger partial charge < -0.3 is 5.32 Å². The number of rotatable bonds is 7. The van der Waals surface area contributed by atoms with Crippen LogP contribution in [0.25, 0.3) is 0 Å². The molecule has 0 amide bonds. The largest absolute Gasteiger partial charge is 0.370 e. The van der Waals surface area contributed by atoms with Gasteiger partial charge in [-0.2, -0.15) is 11.8 Å². The Morgan fingerprint density at radius 2 is 2.13 bits per heavy atom. The topological polar surface area (TPSA) is 24.9 Å². The molecule has 1 aromatic heterocycles. The van der Waals surface area contributed by atoms with Crippen LogP contribution in [0.2, 0.25) is 0 Å². The molecular formula is C12H20N2S. The summed E-state index contributed by atoms with van der Waals surface area (Å²) >= 11 is 1.92. The number of thioether (sulfide) groups is 1. The van der Waals surface area contributed by atoms with E-state index in [9.17, 15) is 0 Å². The van der Waals surface area contributed by atoms with Crippen LogP contribution in [-0.2, 0) is 0 Å². The third kappa shape index (κ3) is 5.67. The zero-order valence-corrected chi connectivity index (χ0v) is 10.4. The van der Waals surface area contributed by atoms with Crippen LogP contribution in [0.3, 0.4) is 0 Å². The SMILES string of the molecule is CSCCCCCNc1ccc(C)cn1. The van der Waals surface area contributed by atoms with Crippen molar-refractivity contribution in [2.75, 3.05) is 23.9 Å². The highest BCUT2D eigenvalue weighted by molar-refractivity contribution is 7.98. The van der Waals surface area contributed by atoms with E-state index in [1.165, 1.54) is 30.6 Å². The van der Waals surface area contributed by atoms with Crippen molar-refractivity contribution >= 4 is 17.6 Å². The number of anilines is 1. The molecule has 2 nitrogen and oxygen atoms in total. The van der Waals surface area contributed by atoms with Gasteiger partial charge in [0.25, 0.3) is 0 Å². The monoisotopic (exact) mass is 224 g/mol. The molecule has 0 saturated carbocycles. The van der Waals surface area contributed by atoms with E-state index in [1.54, 1.807) is 0 Å². The molecule has 0 atom stereocenters. The van der Waals surface area contributed by atoms with Gasteiger partial charge in [0.05, 0.1) is 0 Å². The molecule has 0 fully saturated rings. The normalized spacial score (nSPS) is 10.3. The van der Waals surface area contributed by atoms with Crippen molar-refractivity contribution in [2.45, 2.75) is 26.2 Å². The maximum absolute atomic E-state index is 4.30. The molecule has 84 valence electrons. The number of unbranched alkanes of at least 4 members (excludes halogenated alkanes) is 2. The van der Waals surface area contributed by atoms with Crippen LogP contribution in [-0.4, -0.2) is 23.5 Å². The summed E-state index contributed by atoms with van der Waals surface area (Å²) in [6, 6.07) is 4.13. The molecule has 0 aliphatic heterocycles. The first kappa shape index (κ1) is 12.4. The lowest BCUT2D eigenvalue weighted by atomic mass is 10.2. The van der Waals surface area contributed by atoms with Gasteiger partial charge in [-0.1, -0.05) is 12.5 Å². The molecule has 0 aliphatic rings. The fraction of sp³-hybridized carbons (Fsp3) is 0.583. The second kappa shape index (κ2) is 7.57. The molecule has 1 aromatic rings. The second-order valence-electron chi connectivity index (χ2n) is 3.70. The van der Waals surface area contributed by atoms with Crippen LogP contribution in [0.4, 0.5) is 5.82 Å². The molecule has 0 spiro atoms. The van der Waals surface area contributed by atoms with E-state index in [0.717, 1.165) is 12.4 Å². The number of aryl methyl sites for hydroxylation is 1. The quantitative estimate of drug-likeness (QED) is 0.719. The van der Waals surface area contributed by atoms with Crippen LogP contribution in [0.5, 0.6) is 0 Å². The molecule has 0 unspecified atom stereocenters. The Morgan fingerprint density at radius 1 is 1.27 bits per heavy atom. The summed E-state index contributed by atoms with van der Waals surface area (Å²) in [6.07, 6.45) is 7.92. The standard InChI is InChI=1S/C12H20N2S/c1-11-6-7-12(14-10-11)13-8-4-3-5-9-15-2/h6-7,10H,3-5,8-9H2,1-2H3,(H,13,14). The fourth-order valence-electron chi connectivity index (χ4n) is 1.34. The summed E-state index contributed by atoms with van der Waals surface area (Å²) in [5, 5.41) is 3.33. The predicted octanol–water partition coefficient (Wildman–Crippen LogP) is 3.34. The lowest BCUT2D eigenvalue weighted by Gasteiger charge is -2.05. The van der Waals surface area contributed by atoms with Crippen molar-refractivity contribution in [3.63, 3.8) is 0 Å². The van der Waals surface area contributed by atoms with Gasteiger partial charge in [0.2, 0.25) is 0 Å². The Kier molecular flexibility index (Phi) is 6.25. The second-order valence-corrected chi connectivity index (χ2v) is 4.69. The molecule has 1 heterocycles. The summed E-state index contributed by atoms with van der Waals surface area (Å²) in [7, 11) is 0. The van der Waals surface area contributed by atoms with E-state index in [0.29, 0.717) is 0 Å². The Hall–Kier alpha value is -0.700. The predicted molar refractivity (Wildman–Crippen MR) is 69.7 cm³/mol. The molecule has 0 bridgehead atoms. The van der Waals surface area contributed by atoms with Crippen molar-refractivity contribution < 1.29 is 0 Å². The third-order valence-electron chi connectivity index (χ3n) is 2.24. The van der Waals surface area contributed by atoms with Gasteiger partial charge in [-0.15, -0.1) is 0 Å². The summed E-state index contributed by atoms with van der Waals surface area (Å²) in [5.41, 5.74) is 1.21. The molecule has 15 heavy (non-hydrogen) atoms. The average molecular weight is 224 g/mol. The van der Waals surface area contributed by atoms with Gasteiger partial charge in [0, 0.05) is 12.7 Å². The van der Waals surface area contributed by atoms with Crippen molar-refractivity contribution in [1.82, 2.24) is 4.98 Å². The van der Waals surface area contributed by atoms with E-state index in [4.69, 9.17) is 0 Å². The van der Waals surface area contributed by atoms with E-state index in [2.05, 4.69) is 29.5 Å². The first-order valence-electron chi connectivity index (χ1n) is 5.48. The van der Waals surface area contributed by atoms with Gasteiger partial charge in [0.15, 0.2) is 0 Å². The molecule has 1 rings (SSSR count). The maximum Gasteiger partial charge on any atom is 0.125 e. The highest BCUT2D eigenvalue weighted by atomic mass is 32.2. The van der Waals surface area contributed by atoms with Crippen LogP contribution < -0.4 is 5.32 Å². The van der Waals surface area contributed by atoms with Gasteiger partial charge in [-0.05, 0) is 43.4 Å². The number of hydrogen-bond acceptors (Lipinski definition) is 3. The van der Waals surface area contributed by atoms with Crippen LogP contribution in [0.1, 0.15) is 24.8 Å². The lowest BCUT2D eigenvalue weighted by Crippen LogP contribution is -2.03. The molecule has 0 saturated heterocycles. The lowest BCUT2D eigenvalue weighted by molar-refractivity contribution is 0.748. The Morgan fingerprint density at radius 3 is 2.80 bits per heavy atom. The first-order chi connectivity index (χ1) is 7.33. The maximum atomic E-state index is 4.30. The first-order valence-corrected chi connectivity index (χ1v) is 6.88. The molecule has 1 N–H and O–H groups in total. The third-order valence-corrected chi connectivity index (χ3v) is 2.94. The van der Waals surface area contributed by atoms with Crippen LogP contribution in [0, 0.1) is 6.92 Å². The molecule has 3 heteroatoms. The minimum Gasteiger partial charge on any atom is -0.370 e. The molecular weight excluding hydrogens is 204 g/mol. The average Bonchev–Trinajstić information content (AvgIpc) is 2.26. The zero-order valence-electron chi connectivity index (χ0n) is 9.62. The van der Waals surface area contributed by atoms with Crippen molar-refractivity contribution in [3.05, 3.63) is 23.9 Å². The summed E-state index contributed by atoms with van der Waals surface area (Å²) in [6.45, 7) is 3.09. The highest BCUT2D eigenvalue weighted by Gasteiger charge is 1.92. The van der Waals surface area contributed by atoms with Crippen molar-refractivity contribution in [3.8, 4) is 0 Å². The Balaban J connectivity index is 2.07. The summed E-state index contributed by atoms with van der Waals surface area (Å²) in [5.74, 6) is 2.27. The van der Waals surface area contributed by atoms with Gasteiger partial charge >= 0.3 is 0 Å². The zero-order chi connectivity index (χ0) is 10.9. The Bertz CT molecular complexity index is 259. The molecule has 0 aliphatic carbocycles. The molecule has 0 aromatic carbocycles. The van der Waals surface area contributed by atoms with Crippen molar-refractivity contribution in [2.24, 2.45) is 0 Å². The van der Waals surface area contributed by atoms with E-state index in [-0.39, 0.29) is 0 Å². The highest BCUT2D eigenvalue weighted by Crippen LogP contribution is 2.05. The molecule has 0 radical (unpaired) electrons. The minimum atomic E-state index is 0.991. The van der Waals surface area contributed by atoms with Gasteiger partial charge in [-0.25, -0.2) is 4.98 Å². The number of nitrogens with zero attached hydrogens (tertiary/aromatic N) is 1. The number of aromatic nitrogens is 1. The smallest absolute Gasteiger partial charge is 0.125 e. The van der Waals surface area contributed by atoms with Gasteiger partial charge in [-0.3, -0.25) is 0 Å². The minimum absolute atomic E-state index is 0.991. The van der Waals surface area contributed by atoms with E-state index >= 15 is 0 Å². The van der Waals surface area contributed by atoms with Crippen LogP contribution >= 0.6 is 11.8 Å². The Labute approximate surface area is 96.9 Å². The fourth-order valence-corrected chi connectivity index (χ4v) is 1.83. The number of hydrogen-bond donors (Lipinski definition) is 1. The number of nitrogens with one attached hydrogen (secondary N) is 1. The van der Waals surface area contributed by atoms with Crippen molar-refractivity contribution in [1.29, 1.82) is 0 Å². The van der Waals surface area contributed by atoms with E-state index in [1.807, 2.05) is 24.0 Å². The van der Waals surface area contributed by atoms with Crippen LogP contribution in [0.15, 0.2) is 18.3 Å². The number of pyridine rings is 1. The summed E-state index contributed by atoms with van der Waals surface area (Å²) in [4.78, 5) is 4.30.